The minimum absolute atomic E-state index is 0.0243. The SMILES string of the molecule is CC(C)CCC[C@@H](C)[C@H]1CCC2C3CC=C4CC(N[C@@H](COP(=O)(O)O)C(=O)O)CC[C@]4(C)C3CC[C@@]21C. The van der Waals surface area contributed by atoms with Gasteiger partial charge in [-0.2, -0.15) is 0 Å². The fraction of sp³-hybridized carbons (Fsp3) is 0.900. The molecule has 0 spiro atoms. The van der Waals surface area contributed by atoms with E-state index in [1.54, 1.807) is 0 Å². The van der Waals surface area contributed by atoms with Gasteiger partial charge in [-0.15, -0.1) is 0 Å². The van der Waals surface area contributed by atoms with Gasteiger partial charge in [0.25, 0.3) is 0 Å². The van der Waals surface area contributed by atoms with Gasteiger partial charge in [0, 0.05) is 6.04 Å². The molecule has 0 heterocycles. The molecule has 9 atom stereocenters. The number of rotatable bonds is 11. The number of fused-ring (bicyclic) bond motifs is 5. The summed E-state index contributed by atoms with van der Waals surface area (Å²) in [5, 5.41) is 12.7. The third kappa shape index (κ3) is 6.28. The van der Waals surface area contributed by atoms with Gasteiger partial charge in [0.15, 0.2) is 0 Å². The lowest BCUT2D eigenvalue weighted by molar-refractivity contribution is -0.140. The molecule has 4 N–H and O–H groups in total. The predicted octanol–water partition coefficient (Wildman–Crippen LogP) is 6.55. The number of allylic oxidation sites excluding steroid dienone is 1. The fourth-order valence-electron chi connectivity index (χ4n) is 9.47. The lowest BCUT2D eigenvalue weighted by atomic mass is 9.47. The molecule has 0 bridgehead atoms. The maximum Gasteiger partial charge on any atom is 0.469 e. The first-order chi connectivity index (χ1) is 17.7. The van der Waals surface area contributed by atoms with E-state index in [1.165, 1.54) is 50.5 Å². The van der Waals surface area contributed by atoms with E-state index in [0.29, 0.717) is 11.3 Å². The van der Waals surface area contributed by atoms with Crippen molar-refractivity contribution in [3.8, 4) is 0 Å². The molecule has 0 aliphatic heterocycles. The normalized spacial score (nSPS) is 38.6. The third-order valence-corrected chi connectivity index (χ3v) is 11.9. The van der Waals surface area contributed by atoms with E-state index >= 15 is 0 Å². The van der Waals surface area contributed by atoms with Crippen LogP contribution in [0.1, 0.15) is 105 Å². The van der Waals surface area contributed by atoms with E-state index in [4.69, 9.17) is 9.79 Å². The highest BCUT2D eigenvalue weighted by atomic mass is 31.2. The van der Waals surface area contributed by atoms with Crippen molar-refractivity contribution in [1.82, 2.24) is 5.32 Å². The van der Waals surface area contributed by atoms with Crippen LogP contribution in [0.3, 0.4) is 0 Å². The van der Waals surface area contributed by atoms with Gasteiger partial charge < -0.3 is 14.9 Å². The second-order valence-electron chi connectivity index (χ2n) is 14.1. The highest BCUT2D eigenvalue weighted by Gasteiger charge is 2.59. The van der Waals surface area contributed by atoms with E-state index < -0.39 is 26.4 Å². The summed E-state index contributed by atoms with van der Waals surface area (Å²) in [6.07, 6.45) is 15.8. The summed E-state index contributed by atoms with van der Waals surface area (Å²) in [5.41, 5.74) is 2.10. The summed E-state index contributed by atoms with van der Waals surface area (Å²) in [4.78, 5) is 29.7. The molecule has 4 aliphatic rings. The monoisotopic (exact) mass is 553 g/mol. The average molecular weight is 554 g/mol. The predicted molar refractivity (Wildman–Crippen MR) is 149 cm³/mol. The molecule has 0 radical (unpaired) electrons. The number of carboxylic acid groups (broad SMARTS) is 1. The van der Waals surface area contributed by atoms with Crippen molar-refractivity contribution < 1.29 is 28.8 Å². The molecule has 0 aromatic heterocycles. The van der Waals surface area contributed by atoms with Gasteiger partial charge in [-0.05, 0) is 97.7 Å². The standard InChI is InChI=1S/C30H52NO6P/c1-19(2)7-6-8-20(3)24-11-12-25-23-10-9-21-17-22(31-27(28(32)33)18-37-38(34,35)36)13-15-29(21,4)26(23)14-16-30(24,25)5/h9,19-20,22-27,31H,6-8,10-18H2,1-5H3,(H,32,33)(H2,34,35,36)/t20-,22?,23?,24-,25?,26?,27+,29+,30-/m1/s1. The average Bonchev–Trinajstić information content (AvgIpc) is 3.18. The van der Waals surface area contributed by atoms with Crippen LogP contribution in [-0.2, 0) is 13.9 Å². The van der Waals surface area contributed by atoms with Crippen molar-refractivity contribution in [3.63, 3.8) is 0 Å². The van der Waals surface area contributed by atoms with E-state index in [-0.39, 0.29) is 11.5 Å². The van der Waals surface area contributed by atoms with Crippen LogP contribution in [0.2, 0.25) is 0 Å². The number of aliphatic carboxylic acids is 1. The van der Waals surface area contributed by atoms with Gasteiger partial charge in [0.1, 0.15) is 6.04 Å². The number of phosphoric ester groups is 1. The Morgan fingerprint density at radius 3 is 2.50 bits per heavy atom. The summed E-state index contributed by atoms with van der Waals surface area (Å²) < 4.78 is 15.6. The number of carbonyl (C=O) groups is 1. The summed E-state index contributed by atoms with van der Waals surface area (Å²) in [6.45, 7) is 11.7. The van der Waals surface area contributed by atoms with Gasteiger partial charge in [-0.3, -0.25) is 14.6 Å². The van der Waals surface area contributed by atoms with Crippen molar-refractivity contribution in [2.45, 2.75) is 117 Å². The van der Waals surface area contributed by atoms with Gasteiger partial charge in [0.05, 0.1) is 6.61 Å². The topological polar surface area (TPSA) is 116 Å². The highest BCUT2D eigenvalue weighted by molar-refractivity contribution is 7.46. The van der Waals surface area contributed by atoms with Gasteiger partial charge >= 0.3 is 13.8 Å². The van der Waals surface area contributed by atoms with Crippen LogP contribution < -0.4 is 5.32 Å². The van der Waals surface area contributed by atoms with E-state index in [9.17, 15) is 14.5 Å². The van der Waals surface area contributed by atoms with Crippen molar-refractivity contribution >= 4 is 13.8 Å². The van der Waals surface area contributed by atoms with Crippen molar-refractivity contribution in [1.29, 1.82) is 0 Å². The number of carboxylic acids is 1. The summed E-state index contributed by atoms with van der Waals surface area (Å²) in [6, 6.07) is -1.16. The maximum absolute atomic E-state index is 11.7. The molecule has 3 saturated carbocycles. The zero-order valence-corrected chi connectivity index (χ0v) is 25.1. The highest BCUT2D eigenvalue weighted by Crippen LogP contribution is 2.67. The zero-order chi connectivity index (χ0) is 27.9. The van der Waals surface area contributed by atoms with E-state index in [1.807, 2.05) is 0 Å². The zero-order valence-electron chi connectivity index (χ0n) is 24.2. The van der Waals surface area contributed by atoms with Gasteiger partial charge in [0.2, 0.25) is 0 Å². The molecule has 8 heteroatoms. The lowest BCUT2D eigenvalue weighted by Gasteiger charge is -2.58. The Labute approximate surface area is 229 Å². The molecular weight excluding hydrogens is 501 g/mol. The van der Waals surface area contributed by atoms with Crippen molar-refractivity contribution in [2.75, 3.05) is 6.61 Å². The molecule has 4 rings (SSSR count). The van der Waals surface area contributed by atoms with Crippen molar-refractivity contribution in [2.24, 2.45) is 46.3 Å². The number of phosphoric acid groups is 1. The number of nitrogens with one attached hydrogen (secondary N) is 1. The Balaban J connectivity index is 1.42. The second kappa shape index (κ2) is 11.6. The molecule has 4 aliphatic carbocycles. The van der Waals surface area contributed by atoms with Crippen LogP contribution >= 0.6 is 7.82 Å². The summed E-state index contributed by atoms with van der Waals surface area (Å²) in [7, 11) is -4.71. The van der Waals surface area contributed by atoms with Crippen molar-refractivity contribution in [3.05, 3.63) is 11.6 Å². The Kier molecular flexibility index (Phi) is 9.27. The van der Waals surface area contributed by atoms with Crippen LogP contribution in [0.25, 0.3) is 0 Å². The van der Waals surface area contributed by atoms with Gasteiger partial charge in [-0.1, -0.05) is 65.5 Å². The largest absolute Gasteiger partial charge is 0.480 e. The Morgan fingerprint density at radius 1 is 1.11 bits per heavy atom. The molecular formula is C30H52NO6P. The van der Waals surface area contributed by atoms with Crippen LogP contribution in [0, 0.1) is 46.3 Å². The number of hydrogen-bond donors (Lipinski definition) is 4. The van der Waals surface area contributed by atoms with E-state index in [2.05, 4.69) is 50.5 Å². The molecule has 3 fully saturated rings. The Bertz CT molecular complexity index is 932. The third-order valence-electron chi connectivity index (χ3n) is 11.4. The quantitative estimate of drug-likeness (QED) is 0.169. The molecule has 4 unspecified atom stereocenters. The van der Waals surface area contributed by atoms with Gasteiger partial charge in [-0.25, -0.2) is 4.57 Å². The summed E-state index contributed by atoms with van der Waals surface area (Å²) in [5.74, 6) is 3.57. The molecule has 0 amide bonds. The lowest BCUT2D eigenvalue weighted by Crippen LogP contribution is -2.53. The minimum Gasteiger partial charge on any atom is -0.480 e. The number of hydrogen-bond acceptors (Lipinski definition) is 4. The smallest absolute Gasteiger partial charge is 0.469 e. The van der Waals surface area contributed by atoms with Crippen LogP contribution in [0.5, 0.6) is 0 Å². The first-order valence-electron chi connectivity index (χ1n) is 15.1. The second-order valence-corrected chi connectivity index (χ2v) is 15.3. The molecule has 0 aromatic carbocycles. The first-order valence-corrected chi connectivity index (χ1v) is 16.7. The summed E-state index contributed by atoms with van der Waals surface area (Å²) >= 11 is 0. The molecule has 7 nitrogen and oxygen atoms in total. The first kappa shape index (κ1) is 30.2. The maximum atomic E-state index is 11.7. The minimum atomic E-state index is -4.71. The van der Waals surface area contributed by atoms with Crippen LogP contribution in [0.15, 0.2) is 11.6 Å². The van der Waals surface area contributed by atoms with E-state index in [0.717, 1.165) is 55.3 Å². The molecule has 218 valence electrons. The Hall–Kier alpha value is -0.720. The fourth-order valence-corrected chi connectivity index (χ4v) is 9.82. The van der Waals surface area contributed by atoms with Crippen LogP contribution in [-0.4, -0.2) is 39.6 Å². The molecule has 0 saturated heterocycles. The van der Waals surface area contributed by atoms with Crippen LogP contribution in [0.4, 0.5) is 0 Å². The molecule has 0 aromatic rings. The molecule has 38 heavy (non-hydrogen) atoms. The Morgan fingerprint density at radius 2 is 1.84 bits per heavy atom.